The van der Waals surface area contributed by atoms with Gasteiger partial charge in [-0.05, 0) is 20.3 Å². The zero-order chi connectivity index (χ0) is 14.0. The summed E-state index contributed by atoms with van der Waals surface area (Å²) in [5, 5.41) is 9.36. The van der Waals surface area contributed by atoms with Crippen molar-refractivity contribution in [2.45, 2.75) is 38.5 Å². The van der Waals surface area contributed by atoms with Crippen LogP contribution in [0.2, 0.25) is 0 Å². The zero-order valence-electron chi connectivity index (χ0n) is 11.6. The second-order valence-electron chi connectivity index (χ2n) is 5.19. The molecular weight excluding hydrogens is 246 g/mol. The molecule has 6 heteroatoms. The maximum Gasteiger partial charge on any atom is 0.274 e. The van der Waals surface area contributed by atoms with Crippen LogP contribution in [-0.4, -0.2) is 57.9 Å². The van der Waals surface area contributed by atoms with E-state index in [4.69, 9.17) is 4.74 Å². The first-order valence-corrected chi connectivity index (χ1v) is 6.55. The summed E-state index contributed by atoms with van der Waals surface area (Å²) in [5.74, 6) is -0.141. The van der Waals surface area contributed by atoms with Crippen LogP contribution in [0.4, 0.5) is 0 Å². The Morgan fingerprint density at radius 1 is 1.63 bits per heavy atom. The third kappa shape index (κ3) is 2.79. The number of carbonyl (C=O) groups excluding carboxylic acids is 1. The molecule has 19 heavy (non-hydrogen) atoms. The van der Waals surface area contributed by atoms with Crippen molar-refractivity contribution in [3.05, 3.63) is 18.2 Å². The summed E-state index contributed by atoms with van der Waals surface area (Å²) in [6.07, 6.45) is 4.08. The Hall–Kier alpha value is -1.40. The number of aliphatic hydroxyl groups excluding tert-OH is 1. The number of hydrogen-bond acceptors (Lipinski definition) is 4. The minimum absolute atomic E-state index is 0.00622. The molecule has 0 aliphatic carbocycles. The Morgan fingerprint density at radius 3 is 2.89 bits per heavy atom. The van der Waals surface area contributed by atoms with E-state index >= 15 is 0 Å². The maximum absolute atomic E-state index is 12.4. The highest BCUT2D eigenvalue weighted by Crippen LogP contribution is 2.22. The Kier molecular flexibility index (Phi) is 4.21. The van der Waals surface area contributed by atoms with Crippen molar-refractivity contribution < 1.29 is 14.6 Å². The first-order chi connectivity index (χ1) is 9.06. The van der Waals surface area contributed by atoms with Crippen LogP contribution in [0.1, 0.15) is 36.8 Å². The van der Waals surface area contributed by atoms with Gasteiger partial charge in [0, 0.05) is 25.9 Å². The van der Waals surface area contributed by atoms with E-state index in [0.717, 1.165) is 0 Å². The second kappa shape index (κ2) is 5.71. The molecule has 0 aromatic carbocycles. The number of rotatable bonds is 4. The lowest BCUT2D eigenvalue weighted by atomic mass is 10.2. The van der Waals surface area contributed by atoms with Crippen LogP contribution in [0.25, 0.3) is 0 Å². The van der Waals surface area contributed by atoms with E-state index in [1.54, 1.807) is 24.5 Å². The van der Waals surface area contributed by atoms with Gasteiger partial charge in [-0.3, -0.25) is 4.79 Å². The molecule has 1 amide bonds. The van der Waals surface area contributed by atoms with Crippen LogP contribution in [0.15, 0.2) is 12.5 Å². The number of nitrogens with zero attached hydrogens (tertiary/aromatic N) is 3. The molecule has 0 unspecified atom stereocenters. The van der Waals surface area contributed by atoms with E-state index in [2.05, 4.69) is 4.98 Å². The van der Waals surface area contributed by atoms with Gasteiger partial charge in [0.05, 0.1) is 25.1 Å². The smallest absolute Gasteiger partial charge is 0.274 e. The summed E-state index contributed by atoms with van der Waals surface area (Å²) < 4.78 is 7.17. The average Bonchev–Trinajstić information content (AvgIpc) is 3.04. The summed E-state index contributed by atoms with van der Waals surface area (Å²) in [6.45, 7) is 4.53. The van der Waals surface area contributed by atoms with Gasteiger partial charge in [-0.2, -0.15) is 0 Å². The van der Waals surface area contributed by atoms with Gasteiger partial charge in [0.15, 0.2) is 0 Å². The number of carbonyl (C=O) groups is 1. The minimum atomic E-state index is -0.179. The van der Waals surface area contributed by atoms with Crippen LogP contribution < -0.4 is 0 Å². The Balaban J connectivity index is 2.13. The van der Waals surface area contributed by atoms with Gasteiger partial charge in [-0.25, -0.2) is 4.98 Å². The molecule has 0 bridgehead atoms. The molecule has 0 saturated carbocycles. The van der Waals surface area contributed by atoms with Gasteiger partial charge < -0.3 is 19.3 Å². The van der Waals surface area contributed by atoms with Crippen molar-refractivity contribution in [1.82, 2.24) is 14.5 Å². The van der Waals surface area contributed by atoms with Crippen LogP contribution in [-0.2, 0) is 4.74 Å². The quantitative estimate of drug-likeness (QED) is 0.871. The Labute approximate surface area is 113 Å². The van der Waals surface area contributed by atoms with Crippen molar-refractivity contribution in [1.29, 1.82) is 0 Å². The largest absolute Gasteiger partial charge is 0.394 e. The van der Waals surface area contributed by atoms with Gasteiger partial charge >= 0.3 is 0 Å². The summed E-state index contributed by atoms with van der Waals surface area (Å²) in [7, 11) is 1.63. The van der Waals surface area contributed by atoms with E-state index in [1.165, 1.54) is 0 Å². The normalized spacial score (nSPS) is 23.3. The third-order valence-electron chi connectivity index (χ3n) is 3.60. The predicted octanol–water partition coefficient (Wildman–Crippen LogP) is 0.686. The molecule has 106 valence electrons. The highest BCUT2D eigenvalue weighted by Gasteiger charge is 2.36. The van der Waals surface area contributed by atoms with E-state index in [0.29, 0.717) is 18.7 Å². The molecular formula is C13H21N3O3. The minimum Gasteiger partial charge on any atom is -0.394 e. The number of methoxy groups -OCH3 is 1. The lowest BCUT2D eigenvalue weighted by Gasteiger charge is -2.21. The van der Waals surface area contributed by atoms with Crippen molar-refractivity contribution in [2.75, 3.05) is 20.3 Å². The SMILES string of the molecule is CO[C@@H]1C[C@@H](CO)N(C(=O)c2cn(C(C)C)cn2)C1. The van der Waals surface area contributed by atoms with Crippen LogP contribution in [0.5, 0.6) is 0 Å². The first-order valence-electron chi connectivity index (χ1n) is 6.55. The molecule has 1 aliphatic rings. The molecule has 2 rings (SSSR count). The number of aliphatic hydroxyl groups is 1. The molecule has 2 atom stereocenters. The zero-order valence-corrected chi connectivity index (χ0v) is 11.6. The topological polar surface area (TPSA) is 67.6 Å². The van der Waals surface area contributed by atoms with Gasteiger partial charge in [-0.1, -0.05) is 0 Å². The van der Waals surface area contributed by atoms with Crippen molar-refractivity contribution >= 4 is 5.91 Å². The van der Waals surface area contributed by atoms with Crippen molar-refractivity contribution in [2.24, 2.45) is 0 Å². The Bertz CT molecular complexity index is 444. The molecule has 1 aliphatic heterocycles. The van der Waals surface area contributed by atoms with Crippen LogP contribution in [0.3, 0.4) is 0 Å². The maximum atomic E-state index is 12.4. The van der Waals surface area contributed by atoms with Crippen LogP contribution in [0, 0.1) is 0 Å². The molecule has 1 aromatic heterocycles. The highest BCUT2D eigenvalue weighted by atomic mass is 16.5. The molecule has 6 nitrogen and oxygen atoms in total. The number of ether oxygens (including phenoxy) is 1. The number of hydrogen-bond donors (Lipinski definition) is 1. The molecule has 1 aromatic rings. The number of amides is 1. The predicted molar refractivity (Wildman–Crippen MR) is 69.9 cm³/mol. The fraction of sp³-hybridized carbons (Fsp3) is 0.692. The number of aromatic nitrogens is 2. The standard InChI is InChI=1S/C13H21N3O3/c1-9(2)15-6-12(14-8-15)13(18)16-5-11(19-3)4-10(16)7-17/h6,8-11,17H,4-5,7H2,1-3H3/t10-,11+/m0/s1. The molecule has 2 heterocycles. The molecule has 1 saturated heterocycles. The number of imidazole rings is 1. The van der Waals surface area contributed by atoms with E-state index in [-0.39, 0.29) is 30.7 Å². The third-order valence-corrected chi connectivity index (χ3v) is 3.60. The summed E-state index contributed by atoms with van der Waals surface area (Å²) in [4.78, 5) is 18.2. The molecule has 1 N–H and O–H groups in total. The van der Waals surface area contributed by atoms with Crippen LogP contribution >= 0.6 is 0 Å². The van der Waals surface area contributed by atoms with Crippen molar-refractivity contribution in [3.8, 4) is 0 Å². The Morgan fingerprint density at radius 2 is 2.37 bits per heavy atom. The highest BCUT2D eigenvalue weighted by molar-refractivity contribution is 5.92. The summed E-state index contributed by atoms with van der Waals surface area (Å²) >= 11 is 0. The molecule has 0 radical (unpaired) electrons. The number of likely N-dealkylation sites (tertiary alicyclic amines) is 1. The first kappa shape index (κ1) is 14.0. The van der Waals surface area contributed by atoms with E-state index in [1.807, 2.05) is 18.4 Å². The monoisotopic (exact) mass is 267 g/mol. The average molecular weight is 267 g/mol. The van der Waals surface area contributed by atoms with Gasteiger partial charge in [0.25, 0.3) is 5.91 Å². The fourth-order valence-corrected chi connectivity index (χ4v) is 2.34. The summed E-state index contributed by atoms with van der Waals surface area (Å²) in [5.41, 5.74) is 0.420. The molecule has 1 fully saturated rings. The van der Waals surface area contributed by atoms with Gasteiger partial charge in [0.1, 0.15) is 5.69 Å². The lowest BCUT2D eigenvalue weighted by molar-refractivity contribution is 0.0642. The molecule has 0 spiro atoms. The summed E-state index contributed by atoms with van der Waals surface area (Å²) in [6, 6.07) is 0.0923. The second-order valence-corrected chi connectivity index (χ2v) is 5.19. The fourth-order valence-electron chi connectivity index (χ4n) is 2.34. The lowest BCUT2D eigenvalue weighted by Crippen LogP contribution is -2.38. The van der Waals surface area contributed by atoms with E-state index < -0.39 is 0 Å². The van der Waals surface area contributed by atoms with Gasteiger partial charge in [-0.15, -0.1) is 0 Å². The van der Waals surface area contributed by atoms with E-state index in [9.17, 15) is 9.90 Å². The van der Waals surface area contributed by atoms with Crippen molar-refractivity contribution in [3.63, 3.8) is 0 Å². The van der Waals surface area contributed by atoms with Gasteiger partial charge in [0.2, 0.25) is 0 Å².